The SMILES string of the molecule is CC(C)(C)[Si](C)(C)C.C[Si](C)(C)C.Cc1ccc(S(C)(=O)=O)cc1. The Morgan fingerprint density at radius 2 is 1.04 bits per heavy atom. The van der Waals surface area contributed by atoms with E-state index in [1.54, 1.807) is 24.3 Å². The van der Waals surface area contributed by atoms with Crippen LogP contribution in [0.1, 0.15) is 26.3 Å². The molecule has 0 radical (unpaired) electrons. The molecule has 0 unspecified atom stereocenters. The van der Waals surface area contributed by atoms with Gasteiger partial charge >= 0.3 is 0 Å². The zero-order valence-corrected chi connectivity index (χ0v) is 20.9. The first-order valence-corrected chi connectivity index (χ1v) is 17.9. The summed E-state index contributed by atoms with van der Waals surface area (Å²) >= 11 is 0. The van der Waals surface area contributed by atoms with Crippen molar-refractivity contribution in [1.29, 1.82) is 0 Å². The molecular weight excluding hydrogens is 348 g/mol. The van der Waals surface area contributed by atoms with Gasteiger partial charge in [-0.3, -0.25) is 0 Å². The van der Waals surface area contributed by atoms with Crippen molar-refractivity contribution < 1.29 is 8.42 Å². The molecule has 1 aromatic carbocycles. The lowest BCUT2D eigenvalue weighted by atomic mass is 10.2. The molecule has 1 aromatic rings. The molecular formula is C19H40O2SSi2. The van der Waals surface area contributed by atoms with E-state index in [9.17, 15) is 8.42 Å². The van der Waals surface area contributed by atoms with Gasteiger partial charge in [0.15, 0.2) is 9.84 Å². The molecule has 1 rings (SSSR count). The van der Waals surface area contributed by atoms with Gasteiger partial charge in [-0.25, -0.2) is 8.42 Å². The van der Waals surface area contributed by atoms with Gasteiger partial charge in [-0.05, 0) is 24.1 Å². The van der Waals surface area contributed by atoms with Crippen LogP contribution in [0.2, 0.25) is 50.9 Å². The molecule has 0 aromatic heterocycles. The highest BCUT2D eigenvalue weighted by molar-refractivity contribution is 7.90. The summed E-state index contributed by atoms with van der Waals surface area (Å²) < 4.78 is 21.9. The summed E-state index contributed by atoms with van der Waals surface area (Å²) in [6.45, 7) is 25.5. The van der Waals surface area contributed by atoms with Crippen LogP contribution >= 0.6 is 0 Å². The second kappa shape index (κ2) is 9.34. The van der Waals surface area contributed by atoms with Crippen molar-refractivity contribution in [3.63, 3.8) is 0 Å². The van der Waals surface area contributed by atoms with E-state index in [4.69, 9.17) is 0 Å². The van der Waals surface area contributed by atoms with Crippen molar-refractivity contribution in [1.82, 2.24) is 0 Å². The molecule has 0 spiro atoms. The zero-order chi connectivity index (χ0) is 20.0. The topological polar surface area (TPSA) is 34.1 Å². The minimum Gasteiger partial charge on any atom is -0.224 e. The third-order valence-corrected chi connectivity index (χ3v) is 9.33. The third kappa shape index (κ3) is 15.2. The molecule has 2 nitrogen and oxygen atoms in total. The average molecular weight is 389 g/mol. The van der Waals surface area contributed by atoms with Crippen molar-refractivity contribution in [3.05, 3.63) is 29.8 Å². The highest BCUT2D eigenvalue weighted by Crippen LogP contribution is 2.35. The number of hydrogen-bond acceptors (Lipinski definition) is 2. The third-order valence-electron chi connectivity index (χ3n) is 3.70. The van der Waals surface area contributed by atoms with Crippen molar-refractivity contribution in [2.45, 2.75) is 83.5 Å². The van der Waals surface area contributed by atoms with Gasteiger partial charge in [0.2, 0.25) is 0 Å². The largest absolute Gasteiger partial charge is 0.224 e. The Bertz CT molecular complexity index is 552. The van der Waals surface area contributed by atoms with Gasteiger partial charge in [0, 0.05) is 22.4 Å². The van der Waals surface area contributed by atoms with Crippen LogP contribution in [0.15, 0.2) is 29.2 Å². The maximum absolute atomic E-state index is 10.9. The second-order valence-electron chi connectivity index (χ2n) is 10.1. The highest BCUT2D eigenvalue weighted by atomic mass is 32.2. The molecule has 0 bridgehead atoms. The maximum atomic E-state index is 10.9. The van der Waals surface area contributed by atoms with E-state index in [0.29, 0.717) is 9.93 Å². The van der Waals surface area contributed by atoms with Crippen LogP contribution < -0.4 is 0 Å². The van der Waals surface area contributed by atoms with Crippen LogP contribution in [-0.4, -0.2) is 30.8 Å². The lowest BCUT2D eigenvalue weighted by Crippen LogP contribution is -2.32. The van der Waals surface area contributed by atoms with Crippen LogP contribution in [-0.2, 0) is 9.84 Å². The molecule has 0 aliphatic rings. The van der Waals surface area contributed by atoms with Crippen LogP contribution in [0.4, 0.5) is 0 Å². The molecule has 0 atom stereocenters. The lowest BCUT2D eigenvalue weighted by molar-refractivity contribution is 0.602. The Labute approximate surface area is 154 Å². The van der Waals surface area contributed by atoms with Crippen LogP contribution in [0.3, 0.4) is 0 Å². The molecule has 0 aliphatic heterocycles. The Balaban J connectivity index is 0. The summed E-state index contributed by atoms with van der Waals surface area (Å²) in [4.78, 5) is 0.378. The number of hydrogen-bond donors (Lipinski definition) is 0. The zero-order valence-electron chi connectivity index (χ0n) is 18.0. The Morgan fingerprint density at radius 1 is 0.792 bits per heavy atom. The fourth-order valence-electron chi connectivity index (χ4n) is 0.785. The predicted octanol–water partition coefficient (Wildman–Crippen LogP) is 6.48. The summed E-state index contributed by atoms with van der Waals surface area (Å²) in [5.41, 5.74) is 1.07. The van der Waals surface area contributed by atoms with E-state index in [0.717, 1.165) is 5.56 Å². The van der Waals surface area contributed by atoms with Crippen LogP contribution in [0, 0.1) is 6.92 Å². The smallest absolute Gasteiger partial charge is 0.175 e. The van der Waals surface area contributed by atoms with Gasteiger partial charge in [0.05, 0.1) is 4.90 Å². The molecule has 142 valence electrons. The fourth-order valence-corrected chi connectivity index (χ4v) is 1.42. The number of benzene rings is 1. The summed E-state index contributed by atoms with van der Waals surface area (Å²) in [5.74, 6) is 0. The van der Waals surface area contributed by atoms with E-state index < -0.39 is 26.0 Å². The molecule has 5 heteroatoms. The van der Waals surface area contributed by atoms with E-state index >= 15 is 0 Å². The average Bonchev–Trinajstić information content (AvgIpc) is 2.23. The monoisotopic (exact) mass is 388 g/mol. The summed E-state index contributed by atoms with van der Waals surface area (Å²) in [5, 5.41) is 0.576. The fraction of sp³-hybridized carbons (Fsp3) is 0.684. The quantitative estimate of drug-likeness (QED) is 0.516. The molecule has 24 heavy (non-hydrogen) atoms. The van der Waals surface area contributed by atoms with E-state index in [2.05, 4.69) is 66.6 Å². The van der Waals surface area contributed by atoms with Gasteiger partial charge in [-0.1, -0.05) is 84.3 Å². The maximum Gasteiger partial charge on any atom is 0.175 e. The van der Waals surface area contributed by atoms with E-state index in [-0.39, 0.29) is 0 Å². The lowest BCUT2D eigenvalue weighted by Gasteiger charge is -2.32. The number of aryl methyl sites for hydroxylation is 1. The van der Waals surface area contributed by atoms with E-state index in [1.807, 2.05) is 6.92 Å². The first-order chi connectivity index (χ1) is 10.2. The molecule has 0 N–H and O–H groups in total. The van der Waals surface area contributed by atoms with Crippen molar-refractivity contribution in [3.8, 4) is 0 Å². The normalized spacial score (nSPS) is 12.5. The first-order valence-electron chi connectivity index (χ1n) is 8.52. The van der Waals surface area contributed by atoms with Gasteiger partial charge in [-0.15, -0.1) is 0 Å². The van der Waals surface area contributed by atoms with Crippen molar-refractivity contribution in [2.24, 2.45) is 0 Å². The van der Waals surface area contributed by atoms with Gasteiger partial charge < -0.3 is 0 Å². The van der Waals surface area contributed by atoms with Crippen LogP contribution in [0.25, 0.3) is 0 Å². The van der Waals surface area contributed by atoms with Gasteiger partial charge in [0.1, 0.15) is 0 Å². The molecule has 0 saturated carbocycles. The minimum atomic E-state index is -3.02. The molecule has 0 heterocycles. The minimum absolute atomic E-state index is 0.378. The van der Waals surface area contributed by atoms with Gasteiger partial charge in [0.25, 0.3) is 0 Å². The summed E-state index contributed by atoms with van der Waals surface area (Å²) in [7, 11) is -4.49. The first kappa shape index (κ1) is 25.8. The molecule has 0 saturated heterocycles. The Morgan fingerprint density at radius 3 is 1.21 bits per heavy atom. The van der Waals surface area contributed by atoms with Crippen molar-refractivity contribution in [2.75, 3.05) is 6.26 Å². The predicted molar refractivity (Wildman–Crippen MR) is 117 cm³/mol. The Kier molecular flexibility index (Phi) is 10.1. The van der Waals surface area contributed by atoms with Crippen LogP contribution in [0.5, 0.6) is 0 Å². The number of sulfone groups is 1. The highest BCUT2D eigenvalue weighted by Gasteiger charge is 2.29. The second-order valence-corrected chi connectivity index (χ2v) is 24.1. The molecule has 0 aliphatic carbocycles. The molecule has 0 amide bonds. The standard InChI is InChI=1S/C8H10O2S.C7H18Si.C4H12Si/c1-7-3-5-8(6-4-7)11(2,9)10;1-7(2,3)8(4,5)6;1-5(2,3)4/h3-6H,1-2H3;1-6H3;1-4H3. The number of rotatable bonds is 1. The van der Waals surface area contributed by atoms with Gasteiger partial charge in [-0.2, -0.15) is 0 Å². The van der Waals surface area contributed by atoms with E-state index in [1.165, 1.54) is 6.26 Å². The summed E-state index contributed by atoms with van der Waals surface area (Å²) in [6, 6.07) is 6.81. The molecule has 0 fully saturated rings. The van der Waals surface area contributed by atoms with Crippen molar-refractivity contribution >= 4 is 26.0 Å². The summed E-state index contributed by atoms with van der Waals surface area (Å²) in [6.07, 6.45) is 1.21. The Hall–Kier alpha value is -0.396.